The number of hydrogen-bond acceptors (Lipinski definition) is 10. The van der Waals surface area contributed by atoms with Gasteiger partial charge in [0.15, 0.2) is 12.4 Å². The molecule has 0 aliphatic carbocycles. The normalized spacial score (nSPS) is 19.0. The molecule has 1 rings (SSSR count). The van der Waals surface area contributed by atoms with Crippen LogP contribution in [0.5, 0.6) is 0 Å². The number of nitrogens with one attached hydrogen (secondary N) is 1. The van der Waals surface area contributed by atoms with Crippen LogP contribution in [0.3, 0.4) is 0 Å². The number of unbranched alkanes of at least 4 members (excludes halogenated alkanes) is 38. The van der Waals surface area contributed by atoms with Gasteiger partial charge in [-0.15, -0.1) is 0 Å². The van der Waals surface area contributed by atoms with Gasteiger partial charge < -0.3 is 45.1 Å². The maximum absolute atomic E-state index is 13.4. The van der Waals surface area contributed by atoms with E-state index in [-0.39, 0.29) is 19.4 Å². The molecule has 0 aromatic carbocycles. The summed E-state index contributed by atoms with van der Waals surface area (Å²) in [5.74, 6) is -1.20. The Labute approximate surface area is 491 Å². The molecule has 468 valence electrons. The molecule has 11 nitrogen and oxygen atoms in total. The molecule has 1 fully saturated rings. The molecular formula is C69H127NO10. The molecule has 1 saturated heterocycles. The lowest BCUT2D eigenvalue weighted by atomic mass is 9.99. The largest absolute Gasteiger partial charge is 0.454 e. The van der Waals surface area contributed by atoms with Crippen LogP contribution in [0.2, 0.25) is 0 Å². The standard InChI is InChI=1S/C69H127NO10/c1-4-7-10-13-16-19-22-25-26-27-28-29-30-31-32-33-34-35-36-39-42-45-48-51-54-57-64(74)80-67-66(76)65(75)63(58-71)79-69(67)78-59-60(61(72)55-52-49-46-43-40-37-23-20-17-14-11-8-5-2)70-68(77)62(73)56-53-50-47-44-41-38-24-21-18-15-12-9-6-3/h16,19,25-26,41,44,52,55,60-63,65-67,69,71-73,75-76H,4-15,17-18,20-24,27-40,42-43,45-51,53-54,56-59H2,1-3H3,(H,70,77)/b19-16-,26-25-,44-41-,55-52+. The molecule has 80 heavy (non-hydrogen) atoms. The molecule has 8 unspecified atom stereocenters. The van der Waals surface area contributed by atoms with Crippen molar-refractivity contribution >= 4 is 11.9 Å². The summed E-state index contributed by atoms with van der Waals surface area (Å²) in [6, 6.07) is -1.03. The minimum atomic E-state index is -1.62. The average molecular weight is 1130 g/mol. The van der Waals surface area contributed by atoms with Gasteiger partial charge in [0.05, 0.1) is 25.4 Å². The quantitative estimate of drug-likeness (QED) is 0.0195. The van der Waals surface area contributed by atoms with E-state index < -0.39 is 67.4 Å². The lowest BCUT2D eigenvalue weighted by Gasteiger charge is -2.41. The number of allylic oxidation sites excluding steroid dienone is 7. The summed E-state index contributed by atoms with van der Waals surface area (Å²) in [4.78, 5) is 26.6. The maximum Gasteiger partial charge on any atom is 0.306 e. The summed E-state index contributed by atoms with van der Waals surface area (Å²) < 4.78 is 17.7. The lowest BCUT2D eigenvalue weighted by molar-refractivity contribution is -0.305. The Kier molecular flexibility index (Phi) is 54.0. The molecule has 0 radical (unpaired) electrons. The van der Waals surface area contributed by atoms with Crippen LogP contribution in [0, 0.1) is 0 Å². The van der Waals surface area contributed by atoms with Crippen LogP contribution in [0.25, 0.3) is 0 Å². The van der Waals surface area contributed by atoms with E-state index >= 15 is 0 Å². The smallest absolute Gasteiger partial charge is 0.306 e. The summed E-state index contributed by atoms with van der Waals surface area (Å²) in [6.45, 7) is 5.78. The van der Waals surface area contributed by atoms with Crippen LogP contribution < -0.4 is 5.32 Å². The second kappa shape index (κ2) is 57.1. The van der Waals surface area contributed by atoms with Crippen molar-refractivity contribution in [2.24, 2.45) is 0 Å². The molecule has 0 saturated carbocycles. The van der Waals surface area contributed by atoms with Crippen LogP contribution in [0.4, 0.5) is 0 Å². The van der Waals surface area contributed by atoms with E-state index in [4.69, 9.17) is 14.2 Å². The fourth-order valence-corrected chi connectivity index (χ4v) is 10.6. The minimum Gasteiger partial charge on any atom is -0.454 e. The third-order valence-corrected chi connectivity index (χ3v) is 16.0. The van der Waals surface area contributed by atoms with Crippen molar-refractivity contribution in [1.82, 2.24) is 5.32 Å². The molecule has 6 N–H and O–H groups in total. The number of carbonyl (C=O) groups is 2. The number of aliphatic hydroxyl groups excluding tert-OH is 5. The van der Waals surface area contributed by atoms with Crippen molar-refractivity contribution in [2.45, 2.75) is 365 Å². The monoisotopic (exact) mass is 1130 g/mol. The van der Waals surface area contributed by atoms with Crippen molar-refractivity contribution in [3.05, 3.63) is 48.6 Å². The zero-order valence-corrected chi connectivity index (χ0v) is 52.0. The van der Waals surface area contributed by atoms with Gasteiger partial charge in [0, 0.05) is 6.42 Å². The first-order chi connectivity index (χ1) is 39.2. The highest BCUT2D eigenvalue weighted by molar-refractivity contribution is 5.80. The lowest BCUT2D eigenvalue weighted by Crippen LogP contribution is -2.61. The molecule has 1 aliphatic heterocycles. The van der Waals surface area contributed by atoms with Gasteiger partial charge in [-0.2, -0.15) is 0 Å². The number of rotatable bonds is 58. The molecule has 0 spiro atoms. The van der Waals surface area contributed by atoms with Gasteiger partial charge >= 0.3 is 5.97 Å². The van der Waals surface area contributed by atoms with Crippen LogP contribution in [-0.4, -0.2) is 99.6 Å². The highest BCUT2D eigenvalue weighted by Crippen LogP contribution is 2.26. The first-order valence-electron chi connectivity index (χ1n) is 33.9. The average Bonchev–Trinajstić information content (AvgIpc) is 3.45. The number of hydrogen-bond donors (Lipinski definition) is 6. The Bertz CT molecular complexity index is 1490. The maximum atomic E-state index is 13.4. The van der Waals surface area contributed by atoms with Gasteiger partial charge in [-0.05, 0) is 83.5 Å². The number of aliphatic hydroxyl groups is 5. The second-order valence-electron chi connectivity index (χ2n) is 23.6. The minimum absolute atomic E-state index is 0.123. The molecule has 11 heteroatoms. The molecule has 0 aromatic heterocycles. The topological polar surface area (TPSA) is 175 Å². The van der Waals surface area contributed by atoms with E-state index in [2.05, 4.69) is 62.5 Å². The molecule has 0 aromatic rings. The van der Waals surface area contributed by atoms with Crippen molar-refractivity contribution in [3.8, 4) is 0 Å². The van der Waals surface area contributed by atoms with Crippen LogP contribution in [0.15, 0.2) is 48.6 Å². The van der Waals surface area contributed by atoms with E-state index in [0.29, 0.717) is 12.8 Å². The predicted molar refractivity (Wildman–Crippen MR) is 334 cm³/mol. The molecule has 1 aliphatic rings. The van der Waals surface area contributed by atoms with E-state index in [9.17, 15) is 35.1 Å². The fourth-order valence-electron chi connectivity index (χ4n) is 10.6. The van der Waals surface area contributed by atoms with Gasteiger partial charge in [0.25, 0.3) is 0 Å². The summed E-state index contributed by atoms with van der Waals surface area (Å²) in [5, 5.41) is 57.1. The Balaban J connectivity index is 2.58. The van der Waals surface area contributed by atoms with E-state index in [1.807, 2.05) is 6.08 Å². The molecule has 0 bridgehead atoms. The van der Waals surface area contributed by atoms with Crippen LogP contribution >= 0.6 is 0 Å². The van der Waals surface area contributed by atoms with Crippen molar-refractivity contribution in [3.63, 3.8) is 0 Å². The first-order valence-corrected chi connectivity index (χ1v) is 33.9. The van der Waals surface area contributed by atoms with Gasteiger partial charge in [0.1, 0.15) is 24.4 Å². The molecule has 8 atom stereocenters. The summed E-state index contributed by atoms with van der Waals surface area (Å²) >= 11 is 0. The Hall–Kier alpha value is -2.38. The van der Waals surface area contributed by atoms with Crippen molar-refractivity contribution < 1.29 is 49.3 Å². The third-order valence-electron chi connectivity index (χ3n) is 16.0. The van der Waals surface area contributed by atoms with Crippen molar-refractivity contribution in [2.75, 3.05) is 13.2 Å². The third kappa shape index (κ3) is 44.2. The van der Waals surface area contributed by atoms with Gasteiger partial charge in [-0.3, -0.25) is 9.59 Å². The Morgan fingerprint density at radius 1 is 0.487 bits per heavy atom. The summed E-state index contributed by atoms with van der Waals surface area (Å²) in [6.07, 6.45) is 60.1. The highest BCUT2D eigenvalue weighted by atomic mass is 16.7. The molecule has 1 amide bonds. The highest BCUT2D eigenvalue weighted by Gasteiger charge is 2.47. The zero-order chi connectivity index (χ0) is 58.2. The van der Waals surface area contributed by atoms with Crippen LogP contribution in [-0.2, 0) is 23.8 Å². The summed E-state index contributed by atoms with van der Waals surface area (Å²) in [7, 11) is 0. The fraction of sp³-hybridized carbons (Fsp3) is 0.855. The van der Waals surface area contributed by atoms with Crippen LogP contribution in [0.1, 0.15) is 316 Å². The molecular weight excluding hydrogens is 1000 g/mol. The predicted octanol–water partition coefficient (Wildman–Crippen LogP) is 16.8. The van der Waals surface area contributed by atoms with Crippen molar-refractivity contribution in [1.29, 1.82) is 0 Å². The molecule has 1 heterocycles. The second-order valence-corrected chi connectivity index (χ2v) is 23.6. The van der Waals surface area contributed by atoms with Gasteiger partial charge in [-0.1, -0.05) is 275 Å². The number of esters is 1. The Morgan fingerprint density at radius 2 is 0.863 bits per heavy atom. The van der Waals surface area contributed by atoms with E-state index in [1.165, 1.54) is 205 Å². The Morgan fingerprint density at radius 3 is 1.31 bits per heavy atom. The number of ether oxygens (including phenoxy) is 3. The van der Waals surface area contributed by atoms with E-state index in [1.54, 1.807) is 6.08 Å². The number of amides is 1. The van der Waals surface area contributed by atoms with Gasteiger partial charge in [-0.25, -0.2) is 0 Å². The zero-order valence-electron chi connectivity index (χ0n) is 52.0. The summed E-state index contributed by atoms with van der Waals surface area (Å²) in [5.41, 5.74) is 0. The van der Waals surface area contributed by atoms with Gasteiger partial charge in [0.2, 0.25) is 5.91 Å². The number of carbonyl (C=O) groups excluding carboxylic acids is 2. The SMILES string of the molecule is CCCCC/C=C\C/C=C\CCCCCCCCCCCCCCCCCC(=O)OC1C(OCC(NC(=O)C(O)CCCC/C=C\CCCCCCCCC)C(O)/C=C/CCCCCCCCCCCCC)OC(CO)C(O)C1O. The first kappa shape index (κ1) is 75.6. The van der Waals surface area contributed by atoms with E-state index in [0.717, 1.165) is 64.2 Å².